The van der Waals surface area contributed by atoms with E-state index in [1.54, 1.807) is 24.3 Å². The molecule has 0 aliphatic heterocycles. The molecule has 0 aliphatic rings. The summed E-state index contributed by atoms with van der Waals surface area (Å²) in [4.78, 5) is 23.4. The van der Waals surface area contributed by atoms with Gasteiger partial charge in [-0.3, -0.25) is 4.79 Å². The maximum atomic E-state index is 11.9. The van der Waals surface area contributed by atoms with Crippen LogP contribution in [0.2, 0.25) is 0 Å². The van der Waals surface area contributed by atoms with Gasteiger partial charge in [-0.15, -0.1) is 0 Å². The number of amides is 1. The number of rotatable bonds is 5. The molecule has 1 unspecified atom stereocenters. The summed E-state index contributed by atoms with van der Waals surface area (Å²) in [5, 5.41) is 2.68. The number of hydrogen-bond acceptors (Lipinski definition) is 4. The Bertz CT molecular complexity index is 489. The second-order valence-electron chi connectivity index (χ2n) is 5.90. The maximum absolute atomic E-state index is 11.9. The van der Waals surface area contributed by atoms with E-state index in [4.69, 9.17) is 10.5 Å². The Morgan fingerprint density at radius 2 is 1.81 bits per heavy atom. The minimum absolute atomic E-state index is 0.172. The summed E-state index contributed by atoms with van der Waals surface area (Å²) in [6, 6.07) is 6.37. The first-order valence-electron chi connectivity index (χ1n) is 7.08. The van der Waals surface area contributed by atoms with Crippen molar-refractivity contribution >= 4 is 11.9 Å². The van der Waals surface area contributed by atoms with Crippen molar-refractivity contribution < 1.29 is 14.3 Å². The molecule has 3 N–H and O–H groups in total. The molecule has 0 heterocycles. The van der Waals surface area contributed by atoms with Crippen LogP contribution in [0.15, 0.2) is 24.3 Å². The van der Waals surface area contributed by atoms with Gasteiger partial charge in [0.1, 0.15) is 5.60 Å². The molecule has 0 fully saturated rings. The number of likely N-dealkylation sites (N-methyl/N-ethyl adjacent to an activating group) is 1. The molecule has 1 atom stereocenters. The topological polar surface area (TPSA) is 81.4 Å². The van der Waals surface area contributed by atoms with Crippen molar-refractivity contribution in [3.8, 4) is 0 Å². The van der Waals surface area contributed by atoms with Gasteiger partial charge >= 0.3 is 5.97 Å². The second kappa shape index (κ2) is 7.22. The molecule has 1 amide bonds. The third-order valence-corrected chi connectivity index (χ3v) is 2.73. The van der Waals surface area contributed by atoms with Crippen LogP contribution in [0.25, 0.3) is 0 Å². The molecule has 21 heavy (non-hydrogen) atoms. The first-order valence-corrected chi connectivity index (χ1v) is 7.08. The molecule has 1 rings (SSSR count). The van der Waals surface area contributed by atoms with Gasteiger partial charge in [-0.05, 0) is 51.8 Å². The van der Waals surface area contributed by atoms with Gasteiger partial charge in [-0.2, -0.15) is 0 Å². The van der Waals surface area contributed by atoms with Gasteiger partial charge in [0.25, 0.3) is 0 Å². The van der Waals surface area contributed by atoms with Crippen LogP contribution in [0.3, 0.4) is 0 Å². The Balaban J connectivity index is 2.66. The lowest BCUT2D eigenvalue weighted by Crippen LogP contribution is -2.41. The molecule has 0 aromatic heterocycles. The quantitative estimate of drug-likeness (QED) is 0.809. The molecule has 0 aliphatic carbocycles. The van der Waals surface area contributed by atoms with E-state index in [0.717, 1.165) is 5.56 Å². The highest BCUT2D eigenvalue weighted by Crippen LogP contribution is 2.13. The predicted octanol–water partition coefficient (Wildman–Crippen LogP) is 1.65. The molecule has 0 bridgehead atoms. The van der Waals surface area contributed by atoms with E-state index in [-0.39, 0.29) is 11.9 Å². The number of carbonyl (C=O) groups excluding carboxylic acids is 2. The zero-order valence-corrected chi connectivity index (χ0v) is 13.1. The smallest absolute Gasteiger partial charge is 0.338 e. The van der Waals surface area contributed by atoms with Crippen LogP contribution in [-0.2, 0) is 16.0 Å². The summed E-state index contributed by atoms with van der Waals surface area (Å²) < 4.78 is 5.29. The minimum atomic E-state index is -0.586. The first-order chi connectivity index (χ1) is 9.73. The largest absolute Gasteiger partial charge is 0.456 e. The second-order valence-corrected chi connectivity index (χ2v) is 5.90. The highest BCUT2D eigenvalue weighted by atomic mass is 16.6. The number of ether oxygens (including phenoxy) is 1. The lowest BCUT2D eigenvalue weighted by molar-refractivity contribution is -0.122. The SMILES string of the molecule is CCNC(=O)C(N)Cc1ccc(C(=O)OC(C)(C)C)cc1. The van der Waals surface area contributed by atoms with Gasteiger partial charge in [0, 0.05) is 6.54 Å². The van der Waals surface area contributed by atoms with Crippen LogP contribution in [0.5, 0.6) is 0 Å². The van der Waals surface area contributed by atoms with E-state index in [1.165, 1.54) is 0 Å². The Morgan fingerprint density at radius 3 is 2.29 bits per heavy atom. The Morgan fingerprint density at radius 1 is 1.24 bits per heavy atom. The average Bonchev–Trinajstić information content (AvgIpc) is 2.37. The van der Waals surface area contributed by atoms with Crippen molar-refractivity contribution in [2.24, 2.45) is 5.73 Å². The van der Waals surface area contributed by atoms with Crippen LogP contribution >= 0.6 is 0 Å². The lowest BCUT2D eigenvalue weighted by atomic mass is 10.0. The van der Waals surface area contributed by atoms with Crippen molar-refractivity contribution in [2.75, 3.05) is 6.54 Å². The van der Waals surface area contributed by atoms with E-state index in [0.29, 0.717) is 18.5 Å². The molecule has 0 saturated carbocycles. The van der Waals surface area contributed by atoms with Gasteiger partial charge in [0.05, 0.1) is 11.6 Å². The van der Waals surface area contributed by atoms with Crippen LogP contribution in [0.1, 0.15) is 43.6 Å². The van der Waals surface area contributed by atoms with Crippen LogP contribution in [-0.4, -0.2) is 30.1 Å². The van der Waals surface area contributed by atoms with Gasteiger partial charge < -0.3 is 15.8 Å². The summed E-state index contributed by atoms with van der Waals surface area (Å²) >= 11 is 0. The molecule has 0 saturated heterocycles. The predicted molar refractivity (Wildman–Crippen MR) is 82.0 cm³/mol. The van der Waals surface area contributed by atoms with Gasteiger partial charge in [-0.25, -0.2) is 4.79 Å². The van der Waals surface area contributed by atoms with Crippen molar-refractivity contribution in [1.82, 2.24) is 5.32 Å². The van der Waals surface area contributed by atoms with Crippen LogP contribution in [0.4, 0.5) is 0 Å². The van der Waals surface area contributed by atoms with Gasteiger partial charge in [0.2, 0.25) is 5.91 Å². The summed E-state index contributed by atoms with van der Waals surface area (Å²) in [6.07, 6.45) is 0.431. The number of hydrogen-bond donors (Lipinski definition) is 2. The molecule has 1 aromatic carbocycles. The fraction of sp³-hybridized carbons (Fsp3) is 0.500. The lowest BCUT2D eigenvalue weighted by Gasteiger charge is -2.19. The van der Waals surface area contributed by atoms with Gasteiger partial charge in [0.15, 0.2) is 0 Å². The van der Waals surface area contributed by atoms with E-state index < -0.39 is 11.6 Å². The van der Waals surface area contributed by atoms with Crippen molar-refractivity contribution in [3.05, 3.63) is 35.4 Å². The molecule has 0 radical (unpaired) electrons. The Hall–Kier alpha value is -1.88. The zero-order valence-electron chi connectivity index (χ0n) is 13.1. The van der Waals surface area contributed by atoms with Crippen molar-refractivity contribution in [3.63, 3.8) is 0 Å². The van der Waals surface area contributed by atoms with Crippen molar-refractivity contribution in [2.45, 2.75) is 45.8 Å². The highest BCUT2D eigenvalue weighted by molar-refractivity contribution is 5.89. The molecular weight excluding hydrogens is 268 g/mol. The minimum Gasteiger partial charge on any atom is -0.456 e. The van der Waals surface area contributed by atoms with Crippen LogP contribution < -0.4 is 11.1 Å². The number of nitrogens with one attached hydrogen (secondary N) is 1. The average molecular weight is 292 g/mol. The fourth-order valence-corrected chi connectivity index (χ4v) is 1.77. The number of nitrogens with two attached hydrogens (primary N) is 1. The summed E-state index contributed by atoms with van der Waals surface area (Å²) in [5.41, 5.74) is 6.69. The molecular formula is C16H24N2O3. The van der Waals surface area contributed by atoms with Gasteiger partial charge in [-0.1, -0.05) is 12.1 Å². The third-order valence-electron chi connectivity index (χ3n) is 2.73. The Kier molecular flexibility index (Phi) is 5.90. The van der Waals surface area contributed by atoms with E-state index in [9.17, 15) is 9.59 Å². The molecule has 5 nitrogen and oxygen atoms in total. The summed E-state index contributed by atoms with van der Waals surface area (Å²) in [6.45, 7) is 7.88. The summed E-state index contributed by atoms with van der Waals surface area (Å²) in [7, 11) is 0. The monoisotopic (exact) mass is 292 g/mol. The third kappa shape index (κ3) is 5.95. The summed E-state index contributed by atoms with van der Waals surface area (Å²) in [5.74, 6) is -0.532. The van der Waals surface area contributed by atoms with E-state index in [1.807, 2.05) is 27.7 Å². The molecule has 116 valence electrons. The fourth-order valence-electron chi connectivity index (χ4n) is 1.77. The highest BCUT2D eigenvalue weighted by Gasteiger charge is 2.18. The molecule has 0 spiro atoms. The molecule has 1 aromatic rings. The number of carbonyl (C=O) groups is 2. The van der Waals surface area contributed by atoms with E-state index in [2.05, 4.69) is 5.32 Å². The van der Waals surface area contributed by atoms with Crippen LogP contribution in [0, 0.1) is 0 Å². The maximum Gasteiger partial charge on any atom is 0.338 e. The normalized spacial score (nSPS) is 12.6. The first kappa shape index (κ1) is 17.2. The zero-order chi connectivity index (χ0) is 16.0. The number of benzene rings is 1. The van der Waals surface area contributed by atoms with E-state index >= 15 is 0 Å². The van der Waals surface area contributed by atoms with Crippen molar-refractivity contribution in [1.29, 1.82) is 0 Å². The molecule has 5 heteroatoms. The number of esters is 1. The Labute approximate surface area is 125 Å². The standard InChI is InChI=1S/C16H24N2O3/c1-5-18-14(19)13(17)10-11-6-8-12(9-7-11)15(20)21-16(2,3)4/h6-9,13H,5,10,17H2,1-4H3,(H,18,19).